The van der Waals surface area contributed by atoms with E-state index in [0.717, 1.165) is 11.6 Å². The van der Waals surface area contributed by atoms with E-state index in [1.807, 2.05) is 18.7 Å². The van der Waals surface area contributed by atoms with Gasteiger partial charge in [0.25, 0.3) is 0 Å². The number of rotatable bonds is 4. The minimum Gasteiger partial charge on any atom is -0.150 e. The molecule has 0 heterocycles. The van der Waals surface area contributed by atoms with Gasteiger partial charge in [-0.25, -0.2) is 0 Å². The predicted octanol–water partition coefficient (Wildman–Crippen LogP) is 3.31. The van der Waals surface area contributed by atoms with E-state index in [9.17, 15) is 0 Å². The van der Waals surface area contributed by atoms with Crippen LogP contribution in [0.15, 0.2) is 12.2 Å². The van der Waals surface area contributed by atoms with Crippen molar-refractivity contribution in [2.24, 2.45) is 0 Å². The summed E-state index contributed by atoms with van der Waals surface area (Å²) in [4.78, 5) is 0. The molecule has 0 nitrogen and oxygen atoms in total. The maximum atomic E-state index is 5.73. The van der Waals surface area contributed by atoms with E-state index in [4.69, 9.17) is 11.6 Å². The van der Waals surface area contributed by atoms with Crippen molar-refractivity contribution in [2.75, 3.05) is 11.6 Å². The molecule has 0 aromatic heterocycles. The molecule has 10 heavy (non-hydrogen) atoms. The van der Waals surface area contributed by atoms with Crippen LogP contribution in [-0.2, 0) is 0 Å². The molecule has 0 saturated heterocycles. The lowest BCUT2D eigenvalue weighted by Crippen LogP contribution is -2.16. The average molecular weight is 179 g/mol. The van der Waals surface area contributed by atoms with Crippen LogP contribution >= 0.6 is 23.4 Å². The fourth-order valence-electron chi connectivity index (χ4n) is 0.409. The number of hydrogen-bond donors (Lipinski definition) is 0. The third-order valence-electron chi connectivity index (χ3n) is 1.13. The first-order valence-electron chi connectivity index (χ1n) is 3.43. The summed E-state index contributed by atoms with van der Waals surface area (Å²) in [5.74, 6) is 1.78. The Bertz CT molecular complexity index is 108. The van der Waals surface area contributed by atoms with Gasteiger partial charge in [0.1, 0.15) is 0 Å². The second-order valence-corrected chi connectivity index (χ2v) is 4.77. The van der Waals surface area contributed by atoms with Crippen LogP contribution in [0.3, 0.4) is 0 Å². The molecule has 0 aromatic rings. The second-order valence-electron chi connectivity index (χ2n) is 2.77. The highest BCUT2D eigenvalue weighted by atomic mass is 35.5. The molecule has 60 valence electrons. The minimum absolute atomic E-state index is 0.223. The van der Waals surface area contributed by atoms with E-state index >= 15 is 0 Å². The molecule has 0 aromatic carbocycles. The Balaban J connectivity index is 3.46. The Labute approximate surface area is 73.0 Å². The number of alkyl halides is 1. The Morgan fingerprint density at radius 2 is 2.10 bits per heavy atom. The molecule has 2 heteroatoms. The van der Waals surface area contributed by atoms with Crippen molar-refractivity contribution in [1.82, 2.24) is 0 Å². The maximum absolute atomic E-state index is 5.73. The summed E-state index contributed by atoms with van der Waals surface area (Å²) in [5, 5.41) is 0. The number of halogens is 1. The summed E-state index contributed by atoms with van der Waals surface area (Å²) in [6.45, 7) is 6.36. The molecule has 0 saturated carbocycles. The average Bonchev–Trinajstić information content (AvgIpc) is 1.89. The number of thioether (sulfide) groups is 1. The van der Waals surface area contributed by atoms with Crippen LogP contribution in [0.1, 0.15) is 20.8 Å². The van der Waals surface area contributed by atoms with E-state index in [0.29, 0.717) is 0 Å². The van der Waals surface area contributed by atoms with E-state index in [2.05, 4.69) is 26.0 Å². The molecule has 0 radical (unpaired) electrons. The summed E-state index contributed by atoms with van der Waals surface area (Å²) in [5.41, 5.74) is 0. The van der Waals surface area contributed by atoms with Gasteiger partial charge in [-0.05, 0) is 20.8 Å². The summed E-state index contributed by atoms with van der Waals surface area (Å²) in [6, 6.07) is 0. The van der Waals surface area contributed by atoms with Gasteiger partial charge in [0, 0.05) is 16.4 Å². The molecule has 0 amide bonds. The van der Waals surface area contributed by atoms with Crippen LogP contribution < -0.4 is 0 Å². The zero-order chi connectivity index (χ0) is 8.04. The van der Waals surface area contributed by atoms with Crippen molar-refractivity contribution in [3.8, 4) is 0 Å². The highest BCUT2D eigenvalue weighted by molar-refractivity contribution is 8.00. The maximum Gasteiger partial charge on any atom is 0.0365 e. The topological polar surface area (TPSA) is 0 Å². The zero-order valence-corrected chi connectivity index (χ0v) is 8.43. The van der Waals surface area contributed by atoms with Gasteiger partial charge in [0.05, 0.1) is 0 Å². The van der Waals surface area contributed by atoms with Crippen molar-refractivity contribution in [3.05, 3.63) is 12.2 Å². The van der Waals surface area contributed by atoms with Crippen molar-refractivity contribution in [2.45, 2.75) is 25.5 Å². The Hall–Kier alpha value is 0.380. The first-order chi connectivity index (χ1) is 4.62. The van der Waals surface area contributed by atoms with E-state index < -0.39 is 0 Å². The molecule has 0 fully saturated rings. The molecule has 0 aliphatic heterocycles. The van der Waals surface area contributed by atoms with Gasteiger partial charge < -0.3 is 0 Å². The van der Waals surface area contributed by atoms with Crippen LogP contribution in [0, 0.1) is 0 Å². The van der Waals surface area contributed by atoms with Crippen molar-refractivity contribution in [1.29, 1.82) is 0 Å². The quantitative estimate of drug-likeness (QED) is 0.470. The SMILES string of the molecule is C/C=C/CSC(C)(C)CCl. The molecule has 0 N–H and O–H groups in total. The van der Waals surface area contributed by atoms with Crippen molar-refractivity contribution in [3.63, 3.8) is 0 Å². The van der Waals surface area contributed by atoms with Gasteiger partial charge >= 0.3 is 0 Å². The van der Waals surface area contributed by atoms with E-state index in [1.54, 1.807) is 0 Å². The standard InChI is InChI=1S/C8H15ClS/c1-4-5-6-10-8(2,3)7-9/h4-5H,6-7H2,1-3H3/b5-4+. The van der Waals surface area contributed by atoms with Crippen LogP contribution in [-0.4, -0.2) is 16.4 Å². The normalized spacial score (nSPS) is 12.8. The molecule has 0 rings (SSSR count). The van der Waals surface area contributed by atoms with Crippen LogP contribution in [0.4, 0.5) is 0 Å². The predicted molar refractivity (Wildman–Crippen MR) is 52.1 cm³/mol. The smallest absolute Gasteiger partial charge is 0.0365 e. The van der Waals surface area contributed by atoms with Crippen LogP contribution in [0.5, 0.6) is 0 Å². The molecule has 0 spiro atoms. The fraction of sp³-hybridized carbons (Fsp3) is 0.750. The number of allylic oxidation sites excluding steroid dienone is 1. The molecular weight excluding hydrogens is 164 g/mol. The van der Waals surface area contributed by atoms with Gasteiger partial charge in [0.2, 0.25) is 0 Å². The third kappa shape index (κ3) is 5.19. The zero-order valence-electron chi connectivity index (χ0n) is 6.86. The lowest BCUT2D eigenvalue weighted by molar-refractivity contribution is 0.813. The fourth-order valence-corrected chi connectivity index (χ4v) is 1.46. The summed E-state index contributed by atoms with van der Waals surface area (Å²) < 4.78 is 0.223. The minimum atomic E-state index is 0.223. The molecule has 0 bridgehead atoms. The lowest BCUT2D eigenvalue weighted by atomic mass is 10.2. The largest absolute Gasteiger partial charge is 0.150 e. The van der Waals surface area contributed by atoms with E-state index in [-0.39, 0.29) is 4.75 Å². The van der Waals surface area contributed by atoms with Gasteiger partial charge in [-0.2, -0.15) is 11.8 Å². The summed E-state index contributed by atoms with van der Waals surface area (Å²) >= 11 is 7.61. The third-order valence-corrected chi connectivity index (χ3v) is 3.24. The Morgan fingerprint density at radius 3 is 2.50 bits per heavy atom. The van der Waals surface area contributed by atoms with Crippen LogP contribution in [0.25, 0.3) is 0 Å². The number of hydrogen-bond acceptors (Lipinski definition) is 1. The summed E-state index contributed by atoms with van der Waals surface area (Å²) in [6.07, 6.45) is 4.22. The van der Waals surface area contributed by atoms with Crippen molar-refractivity contribution < 1.29 is 0 Å². The van der Waals surface area contributed by atoms with Crippen LogP contribution in [0.2, 0.25) is 0 Å². The molecular formula is C8H15ClS. The first-order valence-corrected chi connectivity index (χ1v) is 4.95. The van der Waals surface area contributed by atoms with Crippen molar-refractivity contribution >= 4 is 23.4 Å². The highest BCUT2D eigenvalue weighted by Gasteiger charge is 2.14. The van der Waals surface area contributed by atoms with Gasteiger partial charge in [-0.3, -0.25) is 0 Å². The second kappa shape index (κ2) is 5.09. The summed E-state index contributed by atoms with van der Waals surface area (Å²) in [7, 11) is 0. The molecule has 0 aliphatic rings. The monoisotopic (exact) mass is 178 g/mol. The first kappa shape index (κ1) is 10.4. The highest BCUT2D eigenvalue weighted by Crippen LogP contribution is 2.25. The molecule has 0 atom stereocenters. The van der Waals surface area contributed by atoms with Gasteiger partial charge in [-0.15, -0.1) is 11.6 Å². The van der Waals surface area contributed by atoms with Gasteiger partial charge in [0.15, 0.2) is 0 Å². The Kier molecular flexibility index (Phi) is 5.28. The van der Waals surface area contributed by atoms with E-state index in [1.165, 1.54) is 0 Å². The van der Waals surface area contributed by atoms with Gasteiger partial charge in [-0.1, -0.05) is 12.2 Å². The lowest BCUT2D eigenvalue weighted by Gasteiger charge is -2.19. The Morgan fingerprint density at radius 1 is 1.50 bits per heavy atom. The molecule has 0 unspecified atom stereocenters. The molecule has 0 aliphatic carbocycles.